The molecule has 0 aliphatic carbocycles. The number of rotatable bonds is 11. The Kier molecular flexibility index (Phi) is 20.8. The molecule has 0 saturated carbocycles. The average Bonchev–Trinajstić information content (AvgIpc) is 1.62. The smallest absolute Gasteiger partial charge is 0.210 e. The van der Waals surface area contributed by atoms with Crippen LogP contribution in [0.1, 0.15) is 62.1 Å². The first-order valence-corrected chi connectivity index (χ1v) is 55.6. The van der Waals surface area contributed by atoms with E-state index in [4.69, 9.17) is 24.9 Å². The van der Waals surface area contributed by atoms with E-state index in [1.54, 1.807) is 72.8 Å². The Bertz CT molecular complexity index is 10700. The van der Waals surface area contributed by atoms with E-state index < -0.39 is 39.3 Å². The summed E-state index contributed by atoms with van der Waals surface area (Å²) in [6, 6.07) is 129. The zero-order chi connectivity index (χ0) is 101. The number of imidazole rings is 5. The maximum absolute atomic E-state index is 14.2. The Labute approximate surface area is 856 Å². The van der Waals surface area contributed by atoms with Crippen molar-refractivity contribution in [2.75, 3.05) is 0 Å². The van der Waals surface area contributed by atoms with Gasteiger partial charge in [-0.25, -0.2) is 63.6 Å². The predicted octanol–water partition coefficient (Wildman–Crippen LogP) is 28.6. The molecule has 718 valence electrons. The van der Waals surface area contributed by atoms with Crippen molar-refractivity contribution in [1.29, 1.82) is 0 Å². The molecule has 26 aromatic rings. The number of hydrogen-bond acceptors (Lipinski definition) is 14. The van der Waals surface area contributed by atoms with Crippen molar-refractivity contribution in [2.45, 2.75) is 92.5 Å². The van der Waals surface area contributed by atoms with Gasteiger partial charge in [-0.15, -0.1) is 0 Å². The summed E-state index contributed by atoms with van der Waals surface area (Å²) in [6.07, 6.45) is 6.76. The normalized spacial score (nSPS) is 13.9. The second kappa shape index (κ2) is 34.5. The van der Waals surface area contributed by atoms with E-state index in [-0.39, 0.29) is 4.90 Å². The van der Waals surface area contributed by atoms with Crippen LogP contribution in [0, 0.1) is 0 Å². The molecular formula is C126H87N11O8S4. The van der Waals surface area contributed by atoms with Gasteiger partial charge < -0.3 is 0 Å². The molecule has 0 radical (unpaired) electrons. The maximum Gasteiger partial charge on any atom is 0.210 e. The number of hydrogen-bond donors (Lipinski definition) is 0. The fraction of sp³-hybridized carbons (Fsp3) is 0.0635. The molecule has 0 saturated heterocycles. The molecule has 6 aromatic heterocycles. The third-order valence-electron chi connectivity index (χ3n) is 29.5. The van der Waals surface area contributed by atoms with E-state index in [0.717, 1.165) is 150 Å². The van der Waals surface area contributed by atoms with Crippen LogP contribution in [-0.2, 0) is 65.0 Å². The van der Waals surface area contributed by atoms with Crippen LogP contribution >= 0.6 is 0 Å². The SMILES string of the molecule is CCc1nc2cccc3c2n1-c1c(-c2c4ccccc4c(-c4ccc5ccccc5c4)c4ccccc24)cccc1S3(=O)=O.CCc1nc2cccc3c2n1-c1c(-c2c4ccccc4c(-c4ccccc4)c4ccccc24)cccc1S3(=O)=O.CCc1nc2cccc3c2n1-c1cc(-c2nc4ccccc4c4nc5ccccc5n24)ccc1S3(=O)=O.CCc1nc2cccc3c2n1-c1cc(/C=C/c2ccccc2)ccc1S3(=O)=O. The number of benzene rings is 20. The number of para-hydroxylation sites is 9. The molecule has 4 aliphatic rings. The predicted molar refractivity (Wildman–Crippen MR) is 595 cm³/mol. The van der Waals surface area contributed by atoms with E-state index in [9.17, 15) is 33.7 Å². The van der Waals surface area contributed by atoms with Gasteiger partial charge in [0.15, 0.2) is 0 Å². The molecule has 0 N–H and O–H groups in total. The highest BCUT2D eigenvalue weighted by Crippen LogP contribution is 2.54. The highest BCUT2D eigenvalue weighted by Gasteiger charge is 2.41. The molecule has 0 fully saturated rings. The molecular weight excluding hydrogens is 1920 g/mol. The number of nitrogens with zero attached hydrogens (tertiary/aromatic N) is 11. The summed E-state index contributed by atoms with van der Waals surface area (Å²) in [4.78, 5) is 31.7. The van der Waals surface area contributed by atoms with Gasteiger partial charge in [0.2, 0.25) is 39.3 Å². The Balaban J connectivity index is 0.0000000990. The van der Waals surface area contributed by atoms with Crippen molar-refractivity contribution in [2.24, 2.45) is 0 Å². The van der Waals surface area contributed by atoms with Gasteiger partial charge >= 0.3 is 0 Å². The minimum Gasteiger partial charge on any atom is -0.294 e. The lowest BCUT2D eigenvalue weighted by molar-refractivity contribution is 0.592. The van der Waals surface area contributed by atoms with Crippen LogP contribution in [0.25, 0.3) is 216 Å². The quantitative estimate of drug-likeness (QED) is 0.0865. The summed E-state index contributed by atoms with van der Waals surface area (Å²) in [5.41, 5.74) is 22.8. The third kappa shape index (κ3) is 13.7. The molecule has 19 nitrogen and oxygen atoms in total. The van der Waals surface area contributed by atoms with Crippen LogP contribution in [0.3, 0.4) is 0 Å². The monoisotopic (exact) mass is 2010 g/mol. The molecule has 0 amide bonds. The first kappa shape index (κ1) is 90.1. The van der Waals surface area contributed by atoms with Crippen LogP contribution in [0.15, 0.2) is 433 Å². The second-order valence-electron chi connectivity index (χ2n) is 37.7. The average molecular weight is 2010 g/mol. The number of aryl methyl sites for hydroxylation is 4. The lowest BCUT2D eigenvalue weighted by Gasteiger charge is -2.25. The van der Waals surface area contributed by atoms with Crippen molar-refractivity contribution < 1.29 is 33.7 Å². The molecule has 23 heteroatoms. The molecule has 149 heavy (non-hydrogen) atoms. The summed E-state index contributed by atoms with van der Waals surface area (Å²) < 4.78 is 121. The Morgan fingerprint density at radius 2 is 0.584 bits per heavy atom. The van der Waals surface area contributed by atoms with Gasteiger partial charge in [-0.05, 0) is 220 Å². The van der Waals surface area contributed by atoms with Crippen LogP contribution in [-0.4, -0.2) is 86.2 Å². The van der Waals surface area contributed by atoms with Gasteiger partial charge in [-0.2, -0.15) is 0 Å². The molecule has 0 spiro atoms. The first-order chi connectivity index (χ1) is 72.8. The van der Waals surface area contributed by atoms with Gasteiger partial charge in [0, 0.05) is 47.8 Å². The Morgan fingerprint density at radius 3 is 1.06 bits per heavy atom. The highest BCUT2D eigenvalue weighted by molar-refractivity contribution is 7.93. The minimum atomic E-state index is -3.77. The van der Waals surface area contributed by atoms with Crippen molar-refractivity contribution in [3.63, 3.8) is 0 Å². The molecule has 10 heterocycles. The van der Waals surface area contributed by atoms with E-state index in [1.165, 1.54) is 21.9 Å². The summed E-state index contributed by atoms with van der Waals surface area (Å²) in [5, 5.41) is 12.2. The van der Waals surface area contributed by atoms with Gasteiger partial charge in [0.1, 0.15) is 34.8 Å². The molecule has 4 aliphatic heterocycles. The Morgan fingerprint density at radius 1 is 0.235 bits per heavy atom. The number of fused-ring (bicyclic) bond motifs is 18. The molecule has 0 atom stereocenters. The molecule has 0 bridgehead atoms. The summed E-state index contributed by atoms with van der Waals surface area (Å²) in [5.74, 6) is 4.08. The summed E-state index contributed by atoms with van der Waals surface area (Å²) in [6.45, 7) is 8.20. The van der Waals surface area contributed by atoms with E-state index in [1.807, 2.05) is 181 Å². The molecule has 30 rings (SSSR count). The topological polar surface area (TPSA) is 238 Å². The first-order valence-electron chi connectivity index (χ1n) is 49.7. The van der Waals surface area contributed by atoms with Crippen molar-refractivity contribution in [1.82, 2.24) is 52.6 Å². The second-order valence-corrected chi connectivity index (χ2v) is 45.2. The van der Waals surface area contributed by atoms with Gasteiger partial charge in [-0.3, -0.25) is 22.7 Å². The zero-order valence-electron chi connectivity index (χ0n) is 80.8. The van der Waals surface area contributed by atoms with Crippen LogP contribution < -0.4 is 0 Å². The van der Waals surface area contributed by atoms with E-state index in [2.05, 4.69) is 208 Å². The summed E-state index contributed by atoms with van der Waals surface area (Å²) in [7, 11) is -14.8. The number of aromatic nitrogens is 11. The fourth-order valence-corrected chi connectivity index (χ4v) is 29.6. The van der Waals surface area contributed by atoms with E-state index in [0.29, 0.717) is 126 Å². The lowest BCUT2D eigenvalue weighted by atomic mass is 9.85. The highest BCUT2D eigenvalue weighted by atomic mass is 32.2. The molecule has 0 unspecified atom stereocenters. The third-order valence-corrected chi connectivity index (χ3v) is 36.8. The lowest BCUT2D eigenvalue weighted by Crippen LogP contribution is -2.17. The van der Waals surface area contributed by atoms with Gasteiger partial charge in [0.05, 0.1) is 123 Å². The van der Waals surface area contributed by atoms with Crippen LogP contribution in [0.5, 0.6) is 0 Å². The zero-order valence-corrected chi connectivity index (χ0v) is 84.1. The number of sulfone groups is 4. The van der Waals surface area contributed by atoms with Crippen molar-refractivity contribution in [3.05, 3.63) is 429 Å². The van der Waals surface area contributed by atoms with Crippen LogP contribution in [0.2, 0.25) is 0 Å². The minimum absolute atomic E-state index is 0.275. The largest absolute Gasteiger partial charge is 0.294 e. The van der Waals surface area contributed by atoms with Crippen molar-refractivity contribution in [3.8, 4) is 78.6 Å². The summed E-state index contributed by atoms with van der Waals surface area (Å²) >= 11 is 0. The maximum atomic E-state index is 14.2. The fourth-order valence-electron chi connectivity index (χ4n) is 23.0. The van der Waals surface area contributed by atoms with Gasteiger partial charge in [0.25, 0.3) is 0 Å². The van der Waals surface area contributed by atoms with E-state index >= 15 is 0 Å². The molecule has 20 aromatic carbocycles. The standard InChI is InChI=1S/C39H26N2O2S.C35H24N2O2S.C29H19N5O2S.C23H18N2O2S/c1-2-35-40-32-18-10-20-34-39(32)41(35)38-31(17-9-19-33(38)44(34,42)43)37-29-15-7-5-13-27(29)36(28-14-6-8-16-30(28)37)26-22-21-24-11-3-4-12-25(24)23-26;1-2-31-36-28-19-11-21-30-35(28)37(31)34-27(18-10-20-29(34)40(30,38)39)33-25-16-8-6-14-23(25)32(22-12-4-3-5-13-22)24-15-7-9-17-26(24)33;1-2-26-30-21-11-7-13-25-27(21)33(26)23-16-17(14-15-24(23)37(25,35)36)28-31-19-9-4-3-8-18(19)29-32-20-10-5-6-12-22(20)34(28)29;1-2-22-24-18-9-6-10-21-23(18)25(22)19-15-17(13-14-20(19)28(21,26)27)12-11-16-7-4-3-5-8-16/h3-23H,2H2,1H3;3-21H,2H2,1H3;3-16H,2H2,1H3;3-15H,2H2,1H3/b;;;12-11+. The Hall–Kier alpha value is -17.7. The van der Waals surface area contributed by atoms with Gasteiger partial charge in [-0.1, -0.05) is 313 Å². The van der Waals surface area contributed by atoms with Crippen molar-refractivity contribution >= 4 is 177 Å². The van der Waals surface area contributed by atoms with Crippen LogP contribution in [0.4, 0.5) is 0 Å².